The van der Waals surface area contributed by atoms with Crippen LogP contribution in [-0.2, 0) is 4.74 Å². The molecule has 0 saturated heterocycles. The number of alkyl halides is 3. The summed E-state index contributed by atoms with van der Waals surface area (Å²) >= 11 is 0. The standard InChI is InChI=1S/C7H7F3O2/c8-7(9,10)12-6-3-1-5(11)2-4-6/h1-3,6,11H,4H2. The van der Waals surface area contributed by atoms with Gasteiger partial charge in [-0.25, -0.2) is 0 Å². The van der Waals surface area contributed by atoms with E-state index in [9.17, 15) is 13.2 Å². The Morgan fingerprint density at radius 2 is 2.17 bits per heavy atom. The topological polar surface area (TPSA) is 29.5 Å². The summed E-state index contributed by atoms with van der Waals surface area (Å²) < 4.78 is 38.5. The molecule has 1 unspecified atom stereocenters. The summed E-state index contributed by atoms with van der Waals surface area (Å²) in [4.78, 5) is 0. The van der Waals surface area contributed by atoms with Crippen molar-refractivity contribution in [3.05, 3.63) is 24.0 Å². The number of allylic oxidation sites excluding steroid dienone is 1. The minimum Gasteiger partial charge on any atom is -0.508 e. The Balaban J connectivity index is 2.44. The quantitative estimate of drug-likeness (QED) is 0.670. The second-order valence-corrected chi connectivity index (χ2v) is 2.33. The summed E-state index contributed by atoms with van der Waals surface area (Å²) in [5.74, 6) is -0.0305. The molecule has 2 nitrogen and oxygen atoms in total. The van der Waals surface area contributed by atoms with Gasteiger partial charge in [-0.3, -0.25) is 4.74 Å². The van der Waals surface area contributed by atoms with E-state index in [4.69, 9.17) is 5.11 Å². The van der Waals surface area contributed by atoms with Crippen LogP contribution in [0.5, 0.6) is 0 Å². The molecule has 1 N–H and O–H groups in total. The predicted octanol–water partition coefficient (Wildman–Crippen LogP) is 2.29. The van der Waals surface area contributed by atoms with Gasteiger partial charge in [-0.1, -0.05) is 6.08 Å². The first-order valence-corrected chi connectivity index (χ1v) is 3.29. The Kier molecular flexibility index (Phi) is 2.42. The van der Waals surface area contributed by atoms with Crippen LogP contribution in [0.3, 0.4) is 0 Å². The van der Waals surface area contributed by atoms with E-state index < -0.39 is 12.5 Å². The highest BCUT2D eigenvalue weighted by atomic mass is 19.4. The molecule has 0 bridgehead atoms. The molecule has 0 radical (unpaired) electrons. The Morgan fingerprint density at radius 3 is 2.58 bits per heavy atom. The SMILES string of the molecule is OC1=CCC(OC(F)(F)F)C=C1. The molecule has 12 heavy (non-hydrogen) atoms. The van der Waals surface area contributed by atoms with Gasteiger partial charge in [0.2, 0.25) is 0 Å². The smallest absolute Gasteiger partial charge is 0.508 e. The average Bonchev–Trinajstić information content (AvgIpc) is 1.91. The van der Waals surface area contributed by atoms with E-state index in [0.29, 0.717) is 0 Å². The van der Waals surface area contributed by atoms with Gasteiger partial charge in [-0.15, -0.1) is 13.2 Å². The molecular weight excluding hydrogens is 173 g/mol. The summed E-state index contributed by atoms with van der Waals surface area (Å²) in [5, 5.41) is 8.76. The lowest BCUT2D eigenvalue weighted by atomic mass is 10.1. The molecule has 0 fully saturated rings. The third-order valence-corrected chi connectivity index (χ3v) is 1.33. The predicted molar refractivity (Wildman–Crippen MR) is 35.4 cm³/mol. The van der Waals surface area contributed by atoms with E-state index >= 15 is 0 Å². The molecule has 1 atom stereocenters. The number of halogens is 3. The second-order valence-electron chi connectivity index (χ2n) is 2.33. The Hall–Kier alpha value is -0.970. The lowest BCUT2D eigenvalue weighted by Crippen LogP contribution is -2.22. The van der Waals surface area contributed by atoms with Crippen LogP contribution in [-0.4, -0.2) is 17.6 Å². The van der Waals surface area contributed by atoms with Crippen LogP contribution in [0.4, 0.5) is 13.2 Å². The monoisotopic (exact) mass is 180 g/mol. The van der Waals surface area contributed by atoms with Gasteiger partial charge in [0.05, 0.1) is 6.10 Å². The Morgan fingerprint density at radius 1 is 1.50 bits per heavy atom. The van der Waals surface area contributed by atoms with Crippen molar-refractivity contribution in [1.29, 1.82) is 0 Å². The lowest BCUT2D eigenvalue weighted by Gasteiger charge is -2.16. The largest absolute Gasteiger partial charge is 0.523 e. The molecule has 1 aliphatic carbocycles. The van der Waals surface area contributed by atoms with E-state index in [1.807, 2.05) is 0 Å². The van der Waals surface area contributed by atoms with Crippen molar-refractivity contribution in [3.8, 4) is 0 Å². The number of hydrogen-bond donors (Lipinski definition) is 1. The van der Waals surface area contributed by atoms with Gasteiger partial charge in [-0.05, 0) is 18.6 Å². The van der Waals surface area contributed by atoms with E-state index in [1.165, 1.54) is 18.2 Å². The molecule has 0 aromatic heterocycles. The summed E-state index contributed by atoms with van der Waals surface area (Å²) in [7, 11) is 0. The third kappa shape index (κ3) is 2.96. The molecule has 0 aliphatic heterocycles. The maximum absolute atomic E-state index is 11.6. The molecule has 0 aromatic rings. The van der Waals surface area contributed by atoms with Gasteiger partial charge >= 0.3 is 6.36 Å². The first-order valence-electron chi connectivity index (χ1n) is 3.29. The second kappa shape index (κ2) is 3.18. The fourth-order valence-corrected chi connectivity index (χ4v) is 0.848. The van der Waals surface area contributed by atoms with E-state index in [0.717, 1.165) is 0 Å². The number of ether oxygens (including phenoxy) is 1. The van der Waals surface area contributed by atoms with Crippen molar-refractivity contribution >= 4 is 0 Å². The number of aliphatic hydroxyl groups excluding tert-OH is 1. The van der Waals surface area contributed by atoms with Crippen molar-refractivity contribution in [2.45, 2.75) is 18.9 Å². The van der Waals surface area contributed by atoms with Gasteiger partial charge in [-0.2, -0.15) is 0 Å². The van der Waals surface area contributed by atoms with E-state index in [2.05, 4.69) is 4.74 Å². The van der Waals surface area contributed by atoms with Crippen LogP contribution < -0.4 is 0 Å². The highest BCUT2D eigenvalue weighted by Gasteiger charge is 2.32. The van der Waals surface area contributed by atoms with Crippen LogP contribution in [0.1, 0.15) is 6.42 Å². The summed E-state index contributed by atoms with van der Waals surface area (Å²) in [6.07, 6.45) is -1.96. The number of aliphatic hydroxyl groups is 1. The minimum absolute atomic E-state index is 0.0305. The molecule has 0 spiro atoms. The first kappa shape index (κ1) is 9.12. The van der Waals surface area contributed by atoms with Gasteiger partial charge in [0, 0.05) is 0 Å². The van der Waals surface area contributed by atoms with Gasteiger partial charge < -0.3 is 5.11 Å². The molecule has 1 aliphatic rings. The number of hydrogen-bond acceptors (Lipinski definition) is 2. The van der Waals surface area contributed by atoms with Gasteiger partial charge in [0.15, 0.2) is 0 Å². The van der Waals surface area contributed by atoms with Crippen molar-refractivity contribution in [2.75, 3.05) is 0 Å². The molecule has 1 rings (SSSR count). The maximum atomic E-state index is 11.6. The molecule has 0 amide bonds. The highest BCUT2D eigenvalue weighted by Crippen LogP contribution is 2.23. The molecule has 5 heteroatoms. The average molecular weight is 180 g/mol. The van der Waals surface area contributed by atoms with Crippen LogP contribution in [0, 0.1) is 0 Å². The lowest BCUT2D eigenvalue weighted by molar-refractivity contribution is -0.336. The van der Waals surface area contributed by atoms with E-state index in [-0.39, 0.29) is 12.2 Å². The molecule has 0 heterocycles. The van der Waals surface area contributed by atoms with Crippen molar-refractivity contribution in [3.63, 3.8) is 0 Å². The van der Waals surface area contributed by atoms with Crippen LogP contribution in [0.2, 0.25) is 0 Å². The fraction of sp³-hybridized carbons (Fsp3) is 0.429. The minimum atomic E-state index is -4.62. The summed E-state index contributed by atoms with van der Waals surface area (Å²) in [6.45, 7) is 0. The van der Waals surface area contributed by atoms with Crippen LogP contribution >= 0.6 is 0 Å². The van der Waals surface area contributed by atoms with Crippen molar-refractivity contribution < 1.29 is 23.0 Å². The molecular formula is C7H7F3O2. The highest BCUT2D eigenvalue weighted by molar-refractivity contribution is 5.17. The number of rotatable bonds is 1. The third-order valence-electron chi connectivity index (χ3n) is 1.33. The van der Waals surface area contributed by atoms with Crippen molar-refractivity contribution in [2.24, 2.45) is 0 Å². The fourth-order valence-electron chi connectivity index (χ4n) is 0.848. The summed E-state index contributed by atoms with van der Waals surface area (Å²) in [6, 6.07) is 0. The molecule has 68 valence electrons. The van der Waals surface area contributed by atoms with Crippen molar-refractivity contribution in [1.82, 2.24) is 0 Å². The zero-order chi connectivity index (χ0) is 9.19. The molecule has 0 saturated carbocycles. The first-order chi connectivity index (χ1) is 5.47. The molecule has 0 aromatic carbocycles. The Bertz CT molecular complexity index is 217. The van der Waals surface area contributed by atoms with Crippen LogP contribution in [0.15, 0.2) is 24.0 Å². The van der Waals surface area contributed by atoms with Gasteiger partial charge in [0.1, 0.15) is 5.76 Å². The zero-order valence-corrected chi connectivity index (χ0v) is 6.01. The zero-order valence-electron chi connectivity index (χ0n) is 6.01. The Labute approximate surface area is 66.9 Å². The van der Waals surface area contributed by atoms with Gasteiger partial charge in [0.25, 0.3) is 0 Å². The van der Waals surface area contributed by atoms with E-state index in [1.54, 1.807) is 0 Å². The maximum Gasteiger partial charge on any atom is 0.523 e. The normalized spacial score (nSPS) is 23.9. The van der Waals surface area contributed by atoms with Crippen LogP contribution in [0.25, 0.3) is 0 Å². The summed E-state index contributed by atoms with van der Waals surface area (Å²) in [5.41, 5.74) is 0.